The summed E-state index contributed by atoms with van der Waals surface area (Å²) in [6.07, 6.45) is 0. The van der Waals surface area contributed by atoms with Gasteiger partial charge >= 0.3 is 0 Å². The van der Waals surface area contributed by atoms with Crippen LogP contribution in [0.3, 0.4) is 0 Å². The van der Waals surface area contributed by atoms with Crippen molar-refractivity contribution in [1.82, 2.24) is 0 Å². The molecule has 3 aromatic carbocycles. The first kappa shape index (κ1) is 17.4. The van der Waals surface area contributed by atoms with Crippen LogP contribution in [0.15, 0.2) is 93.5 Å². The minimum atomic E-state index is -4.18. The van der Waals surface area contributed by atoms with Crippen LogP contribution >= 0.6 is 11.8 Å². The lowest BCUT2D eigenvalue weighted by atomic mass is 10.0. The minimum Gasteiger partial charge on any atom is -0.289 e. The molecule has 0 spiro atoms. The van der Waals surface area contributed by atoms with E-state index in [2.05, 4.69) is 0 Å². The average molecular weight is 370 g/mol. The highest BCUT2D eigenvalue weighted by molar-refractivity contribution is 7.99. The summed E-state index contributed by atoms with van der Waals surface area (Å²) in [7, 11) is -4.18. The molecule has 25 heavy (non-hydrogen) atoms. The van der Waals surface area contributed by atoms with Crippen LogP contribution in [0, 0.1) is 0 Å². The Morgan fingerprint density at radius 2 is 1.20 bits per heavy atom. The Morgan fingerprint density at radius 1 is 0.720 bits per heavy atom. The molecule has 0 radical (unpaired) electrons. The van der Waals surface area contributed by atoms with E-state index in [1.165, 1.54) is 23.9 Å². The smallest absolute Gasteiger partial charge is 0.289 e. The molecule has 0 saturated heterocycles. The van der Waals surface area contributed by atoms with E-state index in [1.54, 1.807) is 36.4 Å². The fourth-order valence-electron chi connectivity index (χ4n) is 2.25. The van der Waals surface area contributed by atoms with E-state index in [1.807, 2.05) is 30.3 Å². The standard InChI is InChI=1S/C19H14O4S2/c20-19(14-4-2-1-3-5-14)15-6-8-16(9-7-15)24-17-10-12-18(13-11-17)25(21,22)23/h1-13H,(H,21,22,23). The number of benzene rings is 3. The first-order valence-electron chi connectivity index (χ1n) is 7.39. The topological polar surface area (TPSA) is 71.4 Å². The molecule has 0 aliphatic carbocycles. The zero-order chi connectivity index (χ0) is 17.9. The highest BCUT2D eigenvalue weighted by atomic mass is 32.2. The molecule has 0 aliphatic heterocycles. The van der Waals surface area contributed by atoms with Gasteiger partial charge in [-0.2, -0.15) is 8.42 Å². The van der Waals surface area contributed by atoms with Crippen LogP contribution < -0.4 is 0 Å². The van der Waals surface area contributed by atoms with Gasteiger partial charge < -0.3 is 0 Å². The van der Waals surface area contributed by atoms with Crippen LogP contribution in [-0.4, -0.2) is 18.8 Å². The van der Waals surface area contributed by atoms with Crippen LogP contribution in [0.4, 0.5) is 0 Å². The van der Waals surface area contributed by atoms with Crippen molar-refractivity contribution >= 4 is 27.7 Å². The SMILES string of the molecule is O=C(c1ccccc1)c1ccc(Sc2ccc(S(=O)(=O)O)cc2)cc1. The number of ketones is 1. The van der Waals surface area contributed by atoms with E-state index in [9.17, 15) is 13.2 Å². The lowest BCUT2D eigenvalue weighted by molar-refractivity contribution is 0.103. The molecule has 0 unspecified atom stereocenters. The third-order valence-electron chi connectivity index (χ3n) is 3.51. The van der Waals surface area contributed by atoms with Crippen molar-refractivity contribution in [1.29, 1.82) is 0 Å². The number of carbonyl (C=O) groups excluding carboxylic acids is 1. The van der Waals surface area contributed by atoms with Gasteiger partial charge in [-0.25, -0.2) is 0 Å². The largest absolute Gasteiger partial charge is 0.294 e. The predicted octanol–water partition coefficient (Wildman–Crippen LogP) is 4.32. The monoisotopic (exact) mass is 370 g/mol. The molecule has 0 saturated carbocycles. The second-order valence-corrected chi connectivity index (χ2v) is 7.84. The van der Waals surface area contributed by atoms with E-state index in [4.69, 9.17) is 4.55 Å². The summed E-state index contributed by atoms with van der Waals surface area (Å²) in [5.41, 5.74) is 1.25. The summed E-state index contributed by atoms with van der Waals surface area (Å²) >= 11 is 1.44. The van der Waals surface area contributed by atoms with Gasteiger partial charge in [-0.15, -0.1) is 0 Å². The fourth-order valence-corrected chi connectivity index (χ4v) is 3.54. The van der Waals surface area contributed by atoms with Crippen LogP contribution in [-0.2, 0) is 10.1 Å². The lowest BCUT2D eigenvalue weighted by Gasteiger charge is -2.05. The zero-order valence-corrected chi connectivity index (χ0v) is 14.6. The van der Waals surface area contributed by atoms with Gasteiger partial charge in [-0.05, 0) is 48.5 Å². The molecule has 0 fully saturated rings. The van der Waals surface area contributed by atoms with Gasteiger partial charge in [0.25, 0.3) is 10.1 Å². The Kier molecular flexibility index (Phi) is 5.03. The first-order chi connectivity index (χ1) is 11.9. The number of hydrogen-bond donors (Lipinski definition) is 1. The second-order valence-electron chi connectivity index (χ2n) is 5.27. The summed E-state index contributed by atoms with van der Waals surface area (Å²) in [4.78, 5) is 14.0. The zero-order valence-electron chi connectivity index (χ0n) is 13.0. The summed E-state index contributed by atoms with van der Waals surface area (Å²) in [6, 6.07) is 22.3. The van der Waals surface area contributed by atoms with Crippen molar-refractivity contribution in [3.8, 4) is 0 Å². The Morgan fingerprint density at radius 3 is 1.72 bits per heavy atom. The van der Waals surface area contributed by atoms with Crippen LogP contribution in [0.1, 0.15) is 15.9 Å². The van der Waals surface area contributed by atoms with Crippen molar-refractivity contribution < 1.29 is 17.8 Å². The predicted molar refractivity (Wildman–Crippen MR) is 96.7 cm³/mol. The molecule has 126 valence electrons. The van der Waals surface area contributed by atoms with Gasteiger partial charge in [-0.1, -0.05) is 42.1 Å². The molecule has 3 aromatic rings. The number of carbonyl (C=O) groups is 1. The van der Waals surface area contributed by atoms with Crippen molar-refractivity contribution in [2.75, 3.05) is 0 Å². The Hall–Kier alpha value is -2.41. The fraction of sp³-hybridized carbons (Fsp3) is 0. The van der Waals surface area contributed by atoms with E-state index in [-0.39, 0.29) is 10.7 Å². The van der Waals surface area contributed by atoms with E-state index >= 15 is 0 Å². The number of rotatable bonds is 5. The molecule has 0 aromatic heterocycles. The third-order valence-corrected chi connectivity index (χ3v) is 5.39. The van der Waals surface area contributed by atoms with E-state index in [0.717, 1.165) is 9.79 Å². The van der Waals surface area contributed by atoms with Gasteiger partial charge in [0, 0.05) is 20.9 Å². The van der Waals surface area contributed by atoms with E-state index < -0.39 is 10.1 Å². The second kappa shape index (κ2) is 7.23. The maximum atomic E-state index is 12.4. The normalized spacial score (nSPS) is 11.2. The molecular weight excluding hydrogens is 356 g/mol. The highest BCUT2D eigenvalue weighted by Gasteiger charge is 2.10. The van der Waals surface area contributed by atoms with Crippen LogP contribution in [0.2, 0.25) is 0 Å². The molecule has 0 atom stereocenters. The Bertz CT molecular complexity index is 978. The summed E-state index contributed by atoms with van der Waals surface area (Å²) in [5.74, 6) is -0.0327. The van der Waals surface area contributed by atoms with Crippen molar-refractivity contribution in [2.45, 2.75) is 14.7 Å². The van der Waals surface area contributed by atoms with E-state index in [0.29, 0.717) is 11.1 Å². The minimum absolute atomic E-state index is 0.0327. The lowest BCUT2D eigenvalue weighted by Crippen LogP contribution is -2.00. The van der Waals surface area contributed by atoms with Crippen LogP contribution in [0.25, 0.3) is 0 Å². The molecule has 3 rings (SSSR count). The van der Waals surface area contributed by atoms with Gasteiger partial charge in [0.2, 0.25) is 0 Å². The molecule has 1 N–H and O–H groups in total. The van der Waals surface area contributed by atoms with Crippen molar-refractivity contribution in [2.24, 2.45) is 0 Å². The average Bonchev–Trinajstić information content (AvgIpc) is 2.62. The van der Waals surface area contributed by atoms with Crippen LogP contribution in [0.5, 0.6) is 0 Å². The molecule has 6 heteroatoms. The molecule has 0 amide bonds. The van der Waals surface area contributed by atoms with Crippen molar-refractivity contribution in [3.63, 3.8) is 0 Å². The maximum absolute atomic E-state index is 12.4. The quantitative estimate of drug-likeness (QED) is 0.535. The molecule has 0 aliphatic rings. The molecule has 0 heterocycles. The van der Waals surface area contributed by atoms with Crippen molar-refractivity contribution in [3.05, 3.63) is 90.0 Å². The Balaban J connectivity index is 1.74. The highest BCUT2D eigenvalue weighted by Crippen LogP contribution is 2.29. The van der Waals surface area contributed by atoms with Gasteiger partial charge in [-0.3, -0.25) is 9.35 Å². The molecule has 4 nitrogen and oxygen atoms in total. The third kappa shape index (κ3) is 4.36. The summed E-state index contributed by atoms with van der Waals surface area (Å²) < 4.78 is 31.1. The first-order valence-corrected chi connectivity index (χ1v) is 9.64. The number of hydrogen-bond acceptors (Lipinski definition) is 4. The molecular formula is C19H14O4S2. The summed E-state index contributed by atoms with van der Waals surface area (Å²) in [6.45, 7) is 0. The summed E-state index contributed by atoms with van der Waals surface area (Å²) in [5, 5.41) is 0. The van der Waals surface area contributed by atoms with Gasteiger partial charge in [0.05, 0.1) is 4.90 Å². The molecule has 0 bridgehead atoms. The van der Waals surface area contributed by atoms with Gasteiger partial charge in [0.1, 0.15) is 0 Å². The van der Waals surface area contributed by atoms with Gasteiger partial charge in [0.15, 0.2) is 5.78 Å². The maximum Gasteiger partial charge on any atom is 0.294 e. The Labute approximate surface area is 150 Å².